The maximum Gasteiger partial charge on any atom is 0.416 e. The van der Waals surface area contributed by atoms with Gasteiger partial charge in [-0.05, 0) is 48.2 Å². The maximum absolute atomic E-state index is 12.7. The molecule has 0 N–H and O–H groups in total. The fourth-order valence-corrected chi connectivity index (χ4v) is 3.78. The zero-order valence-corrected chi connectivity index (χ0v) is 16.8. The highest BCUT2D eigenvalue weighted by Crippen LogP contribution is 2.32. The number of aromatic nitrogens is 2. The van der Waals surface area contributed by atoms with Crippen LogP contribution in [0.3, 0.4) is 0 Å². The monoisotopic (exact) mass is 433 g/mol. The molecule has 1 amide bonds. The van der Waals surface area contributed by atoms with Crippen molar-refractivity contribution in [1.29, 1.82) is 0 Å². The fraction of sp³-hybridized carbons (Fsp3) is 0.286. The Kier molecular flexibility index (Phi) is 5.55. The summed E-state index contributed by atoms with van der Waals surface area (Å²) in [5.74, 6) is 0.524. The van der Waals surface area contributed by atoms with Gasteiger partial charge in [0.1, 0.15) is 0 Å². The van der Waals surface area contributed by atoms with E-state index in [1.54, 1.807) is 16.7 Å². The first kappa shape index (κ1) is 20.5. The molecule has 0 bridgehead atoms. The molecule has 4 rings (SSSR count). The Morgan fingerprint density at radius 1 is 1.13 bits per heavy atom. The van der Waals surface area contributed by atoms with Crippen LogP contribution in [-0.2, 0) is 17.5 Å². The molecule has 1 aromatic heterocycles. The van der Waals surface area contributed by atoms with Crippen LogP contribution in [0.4, 0.5) is 13.2 Å². The zero-order valence-electron chi connectivity index (χ0n) is 16.0. The van der Waals surface area contributed by atoms with Crippen LogP contribution in [-0.4, -0.2) is 33.7 Å². The summed E-state index contributed by atoms with van der Waals surface area (Å²) in [7, 11) is 0. The molecule has 3 aromatic rings. The van der Waals surface area contributed by atoms with Crippen molar-refractivity contribution in [1.82, 2.24) is 15.0 Å². The van der Waals surface area contributed by atoms with E-state index in [1.165, 1.54) is 12.1 Å². The minimum absolute atomic E-state index is 0.0935. The predicted octanol–water partition coefficient (Wildman–Crippen LogP) is 4.99. The molecule has 1 unspecified atom stereocenters. The number of alkyl halides is 3. The van der Waals surface area contributed by atoms with E-state index in [0.717, 1.165) is 22.6 Å². The number of likely N-dealkylation sites (tertiary alicyclic amines) is 1. The highest BCUT2D eigenvalue weighted by molar-refractivity contribution is 7.98. The van der Waals surface area contributed by atoms with Crippen LogP contribution in [0.5, 0.6) is 0 Å². The number of hydrogen-bond donors (Lipinski definition) is 0. The Balaban J connectivity index is 1.43. The van der Waals surface area contributed by atoms with Gasteiger partial charge in [0.15, 0.2) is 0 Å². The minimum Gasteiger partial charge on any atom is -0.339 e. The van der Waals surface area contributed by atoms with E-state index >= 15 is 0 Å². The van der Waals surface area contributed by atoms with E-state index in [2.05, 4.69) is 10.1 Å². The van der Waals surface area contributed by atoms with E-state index in [4.69, 9.17) is 4.52 Å². The molecule has 1 aliphatic rings. The van der Waals surface area contributed by atoms with Crippen LogP contribution in [0.25, 0.3) is 11.4 Å². The topological polar surface area (TPSA) is 59.2 Å². The van der Waals surface area contributed by atoms with Gasteiger partial charge in [-0.3, -0.25) is 4.79 Å². The molecule has 1 fully saturated rings. The molecule has 1 aliphatic heterocycles. The van der Waals surface area contributed by atoms with E-state index in [9.17, 15) is 18.0 Å². The van der Waals surface area contributed by atoms with Crippen molar-refractivity contribution in [2.75, 3.05) is 12.8 Å². The van der Waals surface area contributed by atoms with Crippen LogP contribution < -0.4 is 0 Å². The third-order valence-electron chi connectivity index (χ3n) is 5.01. The van der Waals surface area contributed by atoms with Gasteiger partial charge in [0.05, 0.1) is 11.5 Å². The Bertz CT molecular complexity index is 1030. The lowest BCUT2D eigenvalue weighted by Gasteiger charge is -2.16. The molecular weight excluding hydrogens is 415 g/mol. The zero-order chi connectivity index (χ0) is 21.3. The largest absolute Gasteiger partial charge is 0.416 e. The third kappa shape index (κ3) is 4.35. The fourth-order valence-electron chi connectivity index (χ4n) is 3.37. The van der Waals surface area contributed by atoms with Crippen molar-refractivity contribution in [2.45, 2.75) is 30.0 Å². The minimum atomic E-state index is -4.38. The average molecular weight is 433 g/mol. The Morgan fingerprint density at radius 2 is 1.83 bits per heavy atom. The van der Waals surface area contributed by atoms with Gasteiger partial charge in [-0.2, -0.15) is 18.2 Å². The van der Waals surface area contributed by atoms with Crippen LogP contribution in [0.15, 0.2) is 57.9 Å². The molecule has 0 aliphatic carbocycles. The summed E-state index contributed by atoms with van der Waals surface area (Å²) in [5.41, 5.74) is 0.756. The summed E-state index contributed by atoms with van der Waals surface area (Å²) in [6.07, 6.45) is -2.15. The van der Waals surface area contributed by atoms with Gasteiger partial charge in [0, 0.05) is 30.0 Å². The van der Waals surface area contributed by atoms with Crippen LogP contribution >= 0.6 is 11.8 Å². The number of carbonyl (C=O) groups is 1. The summed E-state index contributed by atoms with van der Waals surface area (Å²) >= 11 is 1.64. The summed E-state index contributed by atoms with van der Waals surface area (Å²) in [6, 6.07) is 12.6. The second-order valence-corrected chi connectivity index (χ2v) is 7.93. The molecule has 2 heterocycles. The predicted molar refractivity (Wildman–Crippen MR) is 106 cm³/mol. The van der Waals surface area contributed by atoms with Crippen molar-refractivity contribution < 1.29 is 22.5 Å². The number of amides is 1. The van der Waals surface area contributed by atoms with Gasteiger partial charge in [-0.1, -0.05) is 17.3 Å². The van der Waals surface area contributed by atoms with Gasteiger partial charge in [-0.15, -0.1) is 11.8 Å². The lowest BCUT2D eigenvalue weighted by molar-refractivity contribution is -0.137. The smallest absolute Gasteiger partial charge is 0.339 e. The van der Waals surface area contributed by atoms with Crippen molar-refractivity contribution in [3.8, 4) is 11.4 Å². The standard InChI is InChI=1S/C21H18F3N3O2S/c1-30-17-8-4-14(5-9-17)19-25-20(29-26-19)15-10-18(28)27(12-15)11-13-2-6-16(7-3-13)21(22,23)24/h2-9,15H,10-12H2,1H3. The summed E-state index contributed by atoms with van der Waals surface area (Å²) < 4.78 is 43.5. The molecular formula is C21H18F3N3O2S. The first-order valence-corrected chi connectivity index (χ1v) is 10.5. The highest BCUT2D eigenvalue weighted by atomic mass is 32.2. The van der Waals surface area contributed by atoms with Gasteiger partial charge >= 0.3 is 6.18 Å². The molecule has 2 aromatic carbocycles. The maximum atomic E-state index is 12.7. The summed E-state index contributed by atoms with van der Waals surface area (Å²) in [4.78, 5) is 19.6. The number of rotatable bonds is 5. The lowest BCUT2D eigenvalue weighted by Crippen LogP contribution is -2.24. The van der Waals surface area contributed by atoms with E-state index in [0.29, 0.717) is 23.8 Å². The number of carbonyl (C=O) groups excluding carboxylic acids is 1. The van der Waals surface area contributed by atoms with Gasteiger partial charge < -0.3 is 9.42 Å². The lowest BCUT2D eigenvalue weighted by atomic mass is 10.1. The van der Waals surface area contributed by atoms with Gasteiger partial charge in [0.25, 0.3) is 0 Å². The molecule has 0 radical (unpaired) electrons. The normalized spacial score (nSPS) is 17.0. The Morgan fingerprint density at radius 3 is 2.47 bits per heavy atom. The SMILES string of the molecule is CSc1ccc(-c2noc(C3CC(=O)N(Cc4ccc(C(F)(F)F)cc4)C3)n2)cc1. The first-order valence-electron chi connectivity index (χ1n) is 9.25. The van der Waals surface area contributed by atoms with E-state index in [-0.39, 0.29) is 24.8 Å². The van der Waals surface area contributed by atoms with Crippen LogP contribution in [0.2, 0.25) is 0 Å². The molecule has 0 saturated carbocycles. The van der Waals surface area contributed by atoms with Gasteiger partial charge in [-0.25, -0.2) is 0 Å². The molecule has 9 heteroatoms. The van der Waals surface area contributed by atoms with E-state index < -0.39 is 11.7 Å². The van der Waals surface area contributed by atoms with Crippen molar-refractivity contribution >= 4 is 17.7 Å². The van der Waals surface area contributed by atoms with Crippen molar-refractivity contribution in [3.63, 3.8) is 0 Å². The van der Waals surface area contributed by atoms with Gasteiger partial charge in [0.2, 0.25) is 17.6 Å². The third-order valence-corrected chi connectivity index (χ3v) is 5.75. The second kappa shape index (κ2) is 8.14. The average Bonchev–Trinajstić information content (AvgIpc) is 3.35. The number of hydrogen-bond acceptors (Lipinski definition) is 5. The number of halogens is 3. The Hall–Kier alpha value is -2.81. The first-order chi connectivity index (χ1) is 14.3. The molecule has 1 atom stereocenters. The quantitative estimate of drug-likeness (QED) is 0.531. The van der Waals surface area contributed by atoms with Crippen molar-refractivity contribution in [2.24, 2.45) is 0 Å². The summed E-state index contributed by atoms with van der Waals surface area (Å²) in [6.45, 7) is 0.623. The summed E-state index contributed by atoms with van der Waals surface area (Å²) in [5, 5.41) is 4.02. The van der Waals surface area contributed by atoms with Crippen LogP contribution in [0.1, 0.15) is 29.4 Å². The van der Waals surface area contributed by atoms with Crippen LogP contribution in [0, 0.1) is 0 Å². The second-order valence-electron chi connectivity index (χ2n) is 7.05. The molecule has 30 heavy (non-hydrogen) atoms. The number of nitrogens with zero attached hydrogens (tertiary/aromatic N) is 3. The molecule has 0 spiro atoms. The molecule has 5 nitrogen and oxygen atoms in total. The van der Waals surface area contributed by atoms with Crippen molar-refractivity contribution in [3.05, 3.63) is 65.5 Å². The highest BCUT2D eigenvalue weighted by Gasteiger charge is 2.35. The molecule has 1 saturated heterocycles. The Labute approximate surface area is 175 Å². The number of benzene rings is 2. The van der Waals surface area contributed by atoms with E-state index in [1.807, 2.05) is 30.5 Å². The number of thioether (sulfide) groups is 1. The molecule has 156 valence electrons.